The molecular weight excluding hydrogens is 270 g/mol. The van der Waals surface area contributed by atoms with E-state index in [1.165, 1.54) is 12.5 Å². The first-order valence-electron chi connectivity index (χ1n) is 7.10. The molecule has 7 heteroatoms. The lowest BCUT2D eigenvalue weighted by molar-refractivity contribution is -0.117. The number of nitrogens with one attached hydrogen (secondary N) is 1. The number of nitrogens with zero attached hydrogens (tertiary/aromatic N) is 4. The molecule has 0 unspecified atom stereocenters. The third-order valence-corrected chi connectivity index (χ3v) is 3.13. The van der Waals surface area contributed by atoms with E-state index in [2.05, 4.69) is 15.5 Å². The average molecular weight is 291 g/mol. The van der Waals surface area contributed by atoms with Crippen LogP contribution in [0.3, 0.4) is 0 Å². The molecule has 0 atom stereocenters. The molecule has 2 rings (SSSR count). The first kappa shape index (κ1) is 15.2. The Hall–Kier alpha value is -2.18. The Morgan fingerprint density at radius 2 is 2.10 bits per heavy atom. The maximum Gasteiger partial charge on any atom is 0.283 e. The van der Waals surface area contributed by atoms with E-state index in [-0.39, 0.29) is 17.0 Å². The fourth-order valence-corrected chi connectivity index (χ4v) is 2.01. The molecule has 114 valence electrons. The SMILES string of the molecule is CCCCC(=O)Nn1cnc2c(cnn2C(C)(C)C)c1=O. The molecular formula is C14H21N5O2. The van der Waals surface area contributed by atoms with Crippen LogP contribution in [0.2, 0.25) is 0 Å². The maximum atomic E-state index is 12.3. The summed E-state index contributed by atoms with van der Waals surface area (Å²) in [6.45, 7) is 7.96. The second kappa shape index (κ2) is 5.67. The molecule has 1 N–H and O–H groups in total. The van der Waals surface area contributed by atoms with Crippen LogP contribution in [0.5, 0.6) is 0 Å². The van der Waals surface area contributed by atoms with Crippen molar-refractivity contribution in [3.63, 3.8) is 0 Å². The van der Waals surface area contributed by atoms with Gasteiger partial charge in [-0.1, -0.05) is 13.3 Å². The minimum absolute atomic E-state index is 0.191. The lowest BCUT2D eigenvalue weighted by Crippen LogP contribution is -2.33. The predicted molar refractivity (Wildman–Crippen MR) is 80.7 cm³/mol. The molecule has 21 heavy (non-hydrogen) atoms. The number of hydrogen-bond donors (Lipinski definition) is 1. The zero-order chi connectivity index (χ0) is 15.6. The van der Waals surface area contributed by atoms with Crippen LogP contribution in [0.25, 0.3) is 11.0 Å². The Morgan fingerprint density at radius 1 is 1.38 bits per heavy atom. The van der Waals surface area contributed by atoms with Crippen molar-refractivity contribution in [1.29, 1.82) is 0 Å². The molecule has 0 radical (unpaired) electrons. The quantitative estimate of drug-likeness (QED) is 0.927. The Labute approximate surface area is 122 Å². The summed E-state index contributed by atoms with van der Waals surface area (Å²) in [5, 5.41) is 4.62. The van der Waals surface area contributed by atoms with E-state index in [4.69, 9.17) is 0 Å². The zero-order valence-electron chi connectivity index (χ0n) is 12.9. The minimum atomic E-state index is -0.319. The highest BCUT2D eigenvalue weighted by Crippen LogP contribution is 2.17. The van der Waals surface area contributed by atoms with E-state index in [9.17, 15) is 9.59 Å². The molecule has 0 aliphatic heterocycles. The van der Waals surface area contributed by atoms with Gasteiger partial charge in [0.2, 0.25) is 5.91 Å². The highest BCUT2D eigenvalue weighted by atomic mass is 16.2. The molecule has 2 aromatic heterocycles. The Balaban J connectivity index is 2.35. The number of hydrogen-bond acceptors (Lipinski definition) is 4. The van der Waals surface area contributed by atoms with Crippen molar-refractivity contribution in [1.82, 2.24) is 19.4 Å². The van der Waals surface area contributed by atoms with Crippen LogP contribution in [0.1, 0.15) is 47.0 Å². The third-order valence-electron chi connectivity index (χ3n) is 3.13. The monoisotopic (exact) mass is 291 g/mol. The van der Waals surface area contributed by atoms with Crippen molar-refractivity contribution < 1.29 is 4.79 Å². The number of unbranched alkanes of at least 4 members (excludes halogenated alkanes) is 1. The van der Waals surface area contributed by atoms with Crippen molar-refractivity contribution in [2.24, 2.45) is 0 Å². The van der Waals surface area contributed by atoms with Crippen LogP contribution >= 0.6 is 0 Å². The van der Waals surface area contributed by atoms with Crippen LogP contribution < -0.4 is 11.0 Å². The molecule has 1 amide bonds. The Bertz CT molecular complexity index is 708. The maximum absolute atomic E-state index is 12.3. The van der Waals surface area contributed by atoms with Crippen LogP contribution in [-0.2, 0) is 10.3 Å². The largest absolute Gasteiger partial charge is 0.283 e. The highest BCUT2D eigenvalue weighted by molar-refractivity contribution is 5.84. The number of carbonyl (C=O) groups is 1. The Morgan fingerprint density at radius 3 is 2.71 bits per heavy atom. The van der Waals surface area contributed by atoms with Crippen molar-refractivity contribution >= 4 is 16.9 Å². The summed E-state index contributed by atoms with van der Waals surface area (Å²) in [7, 11) is 0. The summed E-state index contributed by atoms with van der Waals surface area (Å²) in [4.78, 5) is 28.3. The number of carbonyl (C=O) groups excluding carboxylic acids is 1. The standard InChI is InChI=1S/C14H21N5O2/c1-5-6-7-11(20)17-18-9-15-12-10(13(18)21)8-16-19(12)14(2,3)4/h8-9H,5-7H2,1-4H3,(H,17,20). The fourth-order valence-electron chi connectivity index (χ4n) is 2.01. The number of amides is 1. The first-order chi connectivity index (χ1) is 9.84. The first-order valence-corrected chi connectivity index (χ1v) is 7.10. The molecule has 0 fully saturated rings. The van der Waals surface area contributed by atoms with Gasteiger partial charge in [-0.3, -0.25) is 15.0 Å². The molecule has 2 aromatic rings. The van der Waals surface area contributed by atoms with Gasteiger partial charge in [0, 0.05) is 6.42 Å². The molecule has 0 aliphatic carbocycles. The summed E-state index contributed by atoms with van der Waals surface area (Å²) >= 11 is 0. The lowest BCUT2D eigenvalue weighted by atomic mass is 10.1. The van der Waals surface area contributed by atoms with E-state index in [1.54, 1.807) is 4.68 Å². The highest BCUT2D eigenvalue weighted by Gasteiger charge is 2.19. The summed E-state index contributed by atoms with van der Waals surface area (Å²) < 4.78 is 2.82. The second-order valence-corrected chi connectivity index (χ2v) is 6.02. The van der Waals surface area contributed by atoms with Crippen molar-refractivity contribution in [2.45, 2.75) is 52.5 Å². The predicted octanol–water partition coefficient (Wildman–Crippen LogP) is 1.61. The van der Waals surface area contributed by atoms with Crippen LogP contribution in [0, 0.1) is 0 Å². The van der Waals surface area contributed by atoms with Gasteiger partial charge in [0.15, 0.2) is 5.65 Å². The lowest BCUT2D eigenvalue weighted by Gasteiger charge is -2.19. The van der Waals surface area contributed by atoms with Gasteiger partial charge >= 0.3 is 0 Å². The van der Waals surface area contributed by atoms with Gasteiger partial charge in [0.25, 0.3) is 5.56 Å². The van der Waals surface area contributed by atoms with Crippen molar-refractivity contribution in [3.05, 3.63) is 22.9 Å². The van der Waals surface area contributed by atoms with Gasteiger partial charge in [0.1, 0.15) is 11.7 Å². The fraction of sp³-hybridized carbons (Fsp3) is 0.571. The molecule has 0 saturated heterocycles. The van der Waals surface area contributed by atoms with Gasteiger partial charge in [-0.05, 0) is 27.2 Å². The molecule has 7 nitrogen and oxygen atoms in total. The van der Waals surface area contributed by atoms with E-state index >= 15 is 0 Å². The minimum Gasteiger partial charge on any atom is -0.273 e. The summed E-state index contributed by atoms with van der Waals surface area (Å²) in [5.41, 5.74) is 2.49. The van der Waals surface area contributed by atoms with Crippen LogP contribution in [0.15, 0.2) is 17.3 Å². The van der Waals surface area contributed by atoms with Crippen LogP contribution in [0.4, 0.5) is 0 Å². The van der Waals surface area contributed by atoms with Gasteiger partial charge in [-0.25, -0.2) is 14.3 Å². The normalized spacial score (nSPS) is 11.8. The second-order valence-electron chi connectivity index (χ2n) is 6.02. The molecule has 0 spiro atoms. The van der Waals surface area contributed by atoms with E-state index < -0.39 is 0 Å². The van der Waals surface area contributed by atoms with Gasteiger partial charge in [-0.15, -0.1) is 0 Å². The van der Waals surface area contributed by atoms with E-state index in [1.807, 2.05) is 27.7 Å². The Kier molecular flexibility index (Phi) is 4.11. The smallest absolute Gasteiger partial charge is 0.273 e. The number of rotatable bonds is 4. The van der Waals surface area contributed by atoms with Crippen molar-refractivity contribution in [3.8, 4) is 0 Å². The topological polar surface area (TPSA) is 81.8 Å². The average Bonchev–Trinajstić information content (AvgIpc) is 2.84. The summed E-state index contributed by atoms with van der Waals surface area (Å²) in [6, 6.07) is 0. The molecule has 0 saturated carbocycles. The van der Waals surface area contributed by atoms with Gasteiger partial charge in [0.05, 0.1) is 11.7 Å². The summed E-state index contributed by atoms with van der Waals surface area (Å²) in [6.07, 6.45) is 4.93. The molecule has 0 aromatic carbocycles. The third kappa shape index (κ3) is 3.12. The molecule has 0 bridgehead atoms. The van der Waals surface area contributed by atoms with E-state index in [0.29, 0.717) is 17.5 Å². The van der Waals surface area contributed by atoms with Crippen LogP contribution in [-0.4, -0.2) is 25.3 Å². The zero-order valence-corrected chi connectivity index (χ0v) is 12.9. The van der Waals surface area contributed by atoms with Gasteiger partial charge in [-0.2, -0.15) is 5.10 Å². The van der Waals surface area contributed by atoms with E-state index in [0.717, 1.165) is 17.5 Å². The summed E-state index contributed by atoms with van der Waals surface area (Å²) in [5.74, 6) is -0.191. The number of aromatic nitrogens is 4. The van der Waals surface area contributed by atoms with Crippen molar-refractivity contribution in [2.75, 3.05) is 5.43 Å². The number of fused-ring (bicyclic) bond motifs is 1. The molecule has 2 heterocycles. The molecule has 0 aliphatic rings. The van der Waals surface area contributed by atoms with Gasteiger partial charge < -0.3 is 0 Å².